The number of H-pyrrole nitrogens is 2. The standard InChI is InChI=1S/C28H29N3O2/c1-4-13-31(14-5-2)26-17(6-3)11-12-19-25(26)30-24-16-20-23(15-21(24)28(19)33)29-22-10-8-7-9-18(22)27(20)32/h7-12,15-16H,4-6,13-14H2,1-3H3,(H,29,32)(H,30,33). The van der Waals surface area contributed by atoms with E-state index in [9.17, 15) is 9.59 Å². The fraction of sp³-hybridized carbons (Fsp3) is 0.286. The van der Waals surface area contributed by atoms with E-state index in [2.05, 4.69) is 41.7 Å². The Morgan fingerprint density at radius 3 is 2.00 bits per heavy atom. The van der Waals surface area contributed by atoms with E-state index in [1.54, 1.807) is 0 Å². The van der Waals surface area contributed by atoms with Gasteiger partial charge in [0.15, 0.2) is 10.9 Å². The van der Waals surface area contributed by atoms with Crippen molar-refractivity contribution in [2.75, 3.05) is 18.0 Å². The van der Waals surface area contributed by atoms with Crippen LogP contribution in [0.2, 0.25) is 0 Å². The van der Waals surface area contributed by atoms with Crippen molar-refractivity contribution in [3.8, 4) is 0 Å². The predicted molar refractivity (Wildman–Crippen MR) is 140 cm³/mol. The number of aromatic amines is 2. The van der Waals surface area contributed by atoms with Crippen LogP contribution >= 0.6 is 0 Å². The van der Waals surface area contributed by atoms with Gasteiger partial charge in [0.2, 0.25) is 0 Å². The lowest BCUT2D eigenvalue weighted by atomic mass is 10.0. The Balaban J connectivity index is 1.89. The van der Waals surface area contributed by atoms with E-state index in [1.807, 2.05) is 42.5 Å². The summed E-state index contributed by atoms with van der Waals surface area (Å²) >= 11 is 0. The lowest BCUT2D eigenvalue weighted by molar-refractivity contribution is 0.743. The van der Waals surface area contributed by atoms with E-state index in [0.29, 0.717) is 32.6 Å². The van der Waals surface area contributed by atoms with Crippen LogP contribution in [0.15, 0.2) is 58.1 Å². The fourth-order valence-electron chi connectivity index (χ4n) is 5.01. The van der Waals surface area contributed by atoms with Crippen LogP contribution in [0.5, 0.6) is 0 Å². The summed E-state index contributed by atoms with van der Waals surface area (Å²) in [6, 6.07) is 15.2. The largest absolute Gasteiger partial charge is 0.370 e. The van der Waals surface area contributed by atoms with Gasteiger partial charge in [-0.1, -0.05) is 39.0 Å². The first kappa shape index (κ1) is 21.3. The Labute approximate surface area is 192 Å². The van der Waals surface area contributed by atoms with Gasteiger partial charge in [-0.2, -0.15) is 0 Å². The molecule has 2 N–H and O–H groups in total. The maximum atomic E-state index is 13.6. The van der Waals surface area contributed by atoms with Crippen LogP contribution in [-0.2, 0) is 6.42 Å². The Kier molecular flexibility index (Phi) is 5.41. The monoisotopic (exact) mass is 439 g/mol. The van der Waals surface area contributed by atoms with Crippen LogP contribution < -0.4 is 15.8 Å². The minimum atomic E-state index is -0.0247. The van der Waals surface area contributed by atoms with Gasteiger partial charge in [-0.15, -0.1) is 0 Å². The van der Waals surface area contributed by atoms with Crippen LogP contribution in [0, 0.1) is 0 Å². The van der Waals surface area contributed by atoms with E-state index in [1.165, 1.54) is 5.56 Å². The first-order chi connectivity index (χ1) is 16.1. The summed E-state index contributed by atoms with van der Waals surface area (Å²) in [5, 5.41) is 2.52. The maximum absolute atomic E-state index is 13.6. The molecule has 33 heavy (non-hydrogen) atoms. The maximum Gasteiger partial charge on any atom is 0.197 e. The summed E-state index contributed by atoms with van der Waals surface area (Å²) in [6.07, 6.45) is 2.95. The summed E-state index contributed by atoms with van der Waals surface area (Å²) < 4.78 is 0. The van der Waals surface area contributed by atoms with Crippen LogP contribution in [0.25, 0.3) is 43.6 Å². The first-order valence-electron chi connectivity index (χ1n) is 11.9. The molecule has 0 amide bonds. The number of aromatic nitrogens is 2. The fourth-order valence-corrected chi connectivity index (χ4v) is 5.01. The smallest absolute Gasteiger partial charge is 0.197 e. The molecule has 0 aliphatic rings. The number of aryl methyl sites for hydroxylation is 1. The van der Waals surface area contributed by atoms with Crippen LogP contribution in [0.1, 0.15) is 39.2 Å². The molecule has 5 nitrogen and oxygen atoms in total. The van der Waals surface area contributed by atoms with Gasteiger partial charge in [0.25, 0.3) is 0 Å². The van der Waals surface area contributed by atoms with Crippen molar-refractivity contribution in [2.45, 2.75) is 40.0 Å². The summed E-state index contributed by atoms with van der Waals surface area (Å²) in [5.41, 5.74) is 5.33. The van der Waals surface area contributed by atoms with Crippen molar-refractivity contribution >= 4 is 49.3 Å². The Bertz CT molecular complexity index is 1620. The molecule has 5 heteroatoms. The lowest BCUT2D eigenvalue weighted by Crippen LogP contribution is -2.27. The number of benzene rings is 3. The zero-order valence-electron chi connectivity index (χ0n) is 19.4. The second-order valence-corrected chi connectivity index (χ2v) is 8.73. The molecule has 0 saturated heterocycles. The van der Waals surface area contributed by atoms with Crippen molar-refractivity contribution in [3.05, 3.63) is 74.5 Å². The number of hydrogen-bond acceptors (Lipinski definition) is 3. The van der Waals surface area contributed by atoms with Gasteiger partial charge in [0.05, 0.1) is 22.2 Å². The highest BCUT2D eigenvalue weighted by Gasteiger charge is 2.18. The first-order valence-corrected chi connectivity index (χ1v) is 11.9. The molecule has 2 heterocycles. The topological polar surface area (TPSA) is 69.0 Å². The molecule has 168 valence electrons. The third-order valence-corrected chi connectivity index (χ3v) is 6.54. The van der Waals surface area contributed by atoms with Gasteiger partial charge in [-0.05, 0) is 55.2 Å². The molecule has 0 bridgehead atoms. The molecule has 0 aliphatic carbocycles. The number of pyridine rings is 2. The molecule has 0 saturated carbocycles. The SMILES string of the molecule is CCCN(CCC)c1c(CC)ccc2c(=O)c3cc4[nH]c5ccccc5c(=O)c4cc3[nH]c12. The summed E-state index contributed by atoms with van der Waals surface area (Å²) in [5.74, 6) is 0. The number of hydrogen-bond donors (Lipinski definition) is 2. The molecule has 2 aromatic heterocycles. The van der Waals surface area contributed by atoms with Crippen molar-refractivity contribution in [1.29, 1.82) is 0 Å². The predicted octanol–water partition coefficient (Wildman–Crippen LogP) is 5.86. The van der Waals surface area contributed by atoms with E-state index >= 15 is 0 Å². The molecule has 0 aliphatic heterocycles. The number of fused-ring (bicyclic) bond motifs is 4. The highest BCUT2D eigenvalue weighted by Crippen LogP contribution is 2.31. The number of nitrogens with one attached hydrogen (secondary N) is 2. The van der Waals surface area contributed by atoms with Gasteiger partial charge in [0, 0.05) is 40.2 Å². The van der Waals surface area contributed by atoms with Crippen molar-refractivity contribution in [2.24, 2.45) is 0 Å². The van der Waals surface area contributed by atoms with Gasteiger partial charge >= 0.3 is 0 Å². The molecule has 5 aromatic rings. The molecule has 0 atom stereocenters. The normalized spacial score (nSPS) is 11.7. The van der Waals surface area contributed by atoms with Crippen LogP contribution in [0.3, 0.4) is 0 Å². The Morgan fingerprint density at radius 1 is 0.697 bits per heavy atom. The highest BCUT2D eigenvalue weighted by atomic mass is 16.1. The Morgan fingerprint density at radius 2 is 1.33 bits per heavy atom. The van der Waals surface area contributed by atoms with Crippen molar-refractivity contribution < 1.29 is 0 Å². The summed E-state index contributed by atoms with van der Waals surface area (Å²) in [7, 11) is 0. The molecule has 0 radical (unpaired) electrons. The van der Waals surface area contributed by atoms with E-state index in [-0.39, 0.29) is 10.9 Å². The van der Waals surface area contributed by atoms with Crippen LogP contribution in [-0.4, -0.2) is 23.1 Å². The van der Waals surface area contributed by atoms with E-state index in [4.69, 9.17) is 0 Å². The van der Waals surface area contributed by atoms with Gasteiger partial charge in [-0.25, -0.2) is 0 Å². The number of nitrogens with zero attached hydrogens (tertiary/aromatic N) is 1. The number of para-hydroxylation sites is 1. The minimum Gasteiger partial charge on any atom is -0.370 e. The second kappa shape index (κ2) is 8.39. The van der Waals surface area contributed by atoms with Crippen LogP contribution in [0.4, 0.5) is 5.69 Å². The third kappa shape index (κ3) is 3.39. The lowest BCUT2D eigenvalue weighted by Gasteiger charge is -2.27. The van der Waals surface area contributed by atoms with E-state index in [0.717, 1.165) is 49.1 Å². The minimum absolute atomic E-state index is 0.00786. The third-order valence-electron chi connectivity index (χ3n) is 6.54. The molecule has 0 fully saturated rings. The van der Waals surface area contributed by atoms with Gasteiger partial charge < -0.3 is 14.9 Å². The zero-order valence-corrected chi connectivity index (χ0v) is 19.4. The molecule has 0 unspecified atom stereocenters. The Hall–Kier alpha value is -3.60. The van der Waals surface area contributed by atoms with Gasteiger partial charge in [0.1, 0.15) is 0 Å². The molecular formula is C28H29N3O2. The molecule has 3 aromatic carbocycles. The molecular weight excluding hydrogens is 410 g/mol. The highest BCUT2D eigenvalue weighted by molar-refractivity contribution is 6.05. The quantitative estimate of drug-likeness (QED) is 0.325. The molecule has 0 spiro atoms. The van der Waals surface area contributed by atoms with E-state index < -0.39 is 0 Å². The second-order valence-electron chi connectivity index (χ2n) is 8.73. The van der Waals surface area contributed by atoms with Gasteiger partial charge in [-0.3, -0.25) is 9.59 Å². The average Bonchev–Trinajstić information content (AvgIpc) is 2.83. The summed E-state index contributed by atoms with van der Waals surface area (Å²) in [4.78, 5) is 36.1. The summed E-state index contributed by atoms with van der Waals surface area (Å²) in [6.45, 7) is 8.38. The van der Waals surface area contributed by atoms with Crippen molar-refractivity contribution in [3.63, 3.8) is 0 Å². The zero-order chi connectivity index (χ0) is 23.1. The number of anilines is 1. The number of rotatable bonds is 6. The molecule has 5 rings (SSSR count). The van der Waals surface area contributed by atoms with Crippen molar-refractivity contribution in [1.82, 2.24) is 9.97 Å². The average molecular weight is 440 g/mol.